The van der Waals surface area contributed by atoms with Gasteiger partial charge in [-0.2, -0.15) is 0 Å². The van der Waals surface area contributed by atoms with Crippen LogP contribution in [0.15, 0.2) is 97.2 Å². The first-order chi connectivity index (χ1) is 17.3. The average Bonchev–Trinajstić information content (AvgIpc) is 3.41. The summed E-state index contributed by atoms with van der Waals surface area (Å²) in [6, 6.07) is 31.2. The number of rotatable bonds is 4. The zero-order chi connectivity index (χ0) is 24.9. The molecule has 5 nitrogen and oxygen atoms in total. The molecule has 0 unspecified atom stereocenters. The Hall–Kier alpha value is -3.74. The van der Waals surface area contributed by atoms with Crippen LogP contribution in [0.4, 0.5) is 0 Å². The number of benzene rings is 3. The first kappa shape index (κ1) is 22.7. The zero-order valence-corrected chi connectivity index (χ0v) is 21.0. The number of nitrogens with zero attached hydrogens (tertiary/aromatic N) is 3. The Balaban J connectivity index is 1.22. The van der Waals surface area contributed by atoms with Crippen LogP contribution in [0, 0.1) is 0 Å². The van der Waals surface area contributed by atoms with Crippen LogP contribution in [0.2, 0.25) is 0 Å². The second kappa shape index (κ2) is 8.44. The molecule has 0 amide bonds. The van der Waals surface area contributed by atoms with Gasteiger partial charge in [0.15, 0.2) is 11.5 Å². The fraction of sp³-hybridized carbons (Fsp3) is 0.200. The first-order valence-corrected chi connectivity index (χ1v) is 12.3. The highest BCUT2D eigenvalue weighted by atomic mass is 16.7. The Morgan fingerprint density at radius 1 is 0.611 bits per heavy atom. The molecule has 0 spiro atoms. The van der Waals surface area contributed by atoms with Gasteiger partial charge in [0.2, 0.25) is 0 Å². The van der Waals surface area contributed by atoms with Gasteiger partial charge in [-0.05, 0) is 62.0 Å². The molecule has 6 heteroatoms. The standard InChI is InChI=1S/C30H28BN3O2/c1-29(2)30(3,4)36-31(35-29)26-17-14-23(15-18-26)22-10-12-24(13-11-22)28-32-27-19-16-25(20-34(27)33-28)21-8-6-5-7-9-21/h5-20H,1-4H3. The van der Waals surface area contributed by atoms with E-state index in [1.54, 1.807) is 0 Å². The van der Waals surface area contributed by atoms with Gasteiger partial charge in [-0.1, -0.05) is 78.9 Å². The van der Waals surface area contributed by atoms with Crippen LogP contribution in [0.1, 0.15) is 27.7 Å². The van der Waals surface area contributed by atoms with Crippen molar-refractivity contribution in [2.45, 2.75) is 38.9 Å². The molecule has 3 heterocycles. The second-order valence-corrected chi connectivity index (χ2v) is 10.3. The van der Waals surface area contributed by atoms with Crippen LogP contribution in [-0.4, -0.2) is 32.9 Å². The lowest BCUT2D eigenvalue weighted by atomic mass is 9.78. The Labute approximate surface area is 211 Å². The van der Waals surface area contributed by atoms with E-state index in [1.807, 2.05) is 35.0 Å². The highest BCUT2D eigenvalue weighted by molar-refractivity contribution is 6.62. The fourth-order valence-corrected chi connectivity index (χ4v) is 4.43. The normalized spacial score (nSPS) is 16.5. The van der Waals surface area contributed by atoms with Crippen molar-refractivity contribution in [3.63, 3.8) is 0 Å². The summed E-state index contributed by atoms with van der Waals surface area (Å²) in [4.78, 5) is 4.72. The van der Waals surface area contributed by atoms with Gasteiger partial charge in [-0.3, -0.25) is 0 Å². The van der Waals surface area contributed by atoms with E-state index in [0.29, 0.717) is 5.82 Å². The van der Waals surface area contributed by atoms with Crippen molar-refractivity contribution >= 4 is 18.2 Å². The maximum absolute atomic E-state index is 6.18. The summed E-state index contributed by atoms with van der Waals surface area (Å²) < 4.78 is 14.2. The maximum Gasteiger partial charge on any atom is 0.494 e. The van der Waals surface area contributed by atoms with E-state index >= 15 is 0 Å². The van der Waals surface area contributed by atoms with E-state index in [0.717, 1.165) is 38.9 Å². The first-order valence-electron chi connectivity index (χ1n) is 12.3. The third kappa shape index (κ3) is 4.02. The van der Waals surface area contributed by atoms with Gasteiger partial charge in [-0.25, -0.2) is 9.50 Å². The van der Waals surface area contributed by atoms with Crippen molar-refractivity contribution < 1.29 is 9.31 Å². The number of fused-ring (bicyclic) bond motifs is 1. The van der Waals surface area contributed by atoms with E-state index in [4.69, 9.17) is 19.4 Å². The summed E-state index contributed by atoms with van der Waals surface area (Å²) in [5.41, 5.74) is 6.68. The molecule has 2 aromatic heterocycles. The maximum atomic E-state index is 6.18. The minimum Gasteiger partial charge on any atom is -0.399 e. The molecule has 0 aliphatic carbocycles. The molecule has 6 rings (SSSR count). The molecule has 3 aromatic carbocycles. The summed E-state index contributed by atoms with van der Waals surface area (Å²) in [5, 5.41) is 4.73. The molecule has 0 radical (unpaired) electrons. The molecule has 1 saturated heterocycles. The monoisotopic (exact) mass is 473 g/mol. The fourth-order valence-electron chi connectivity index (χ4n) is 4.43. The minimum atomic E-state index is -0.352. The highest BCUT2D eigenvalue weighted by Crippen LogP contribution is 2.36. The number of hydrogen-bond donors (Lipinski definition) is 0. The largest absolute Gasteiger partial charge is 0.494 e. The Morgan fingerprint density at radius 2 is 1.14 bits per heavy atom. The van der Waals surface area contributed by atoms with Crippen LogP contribution in [0.25, 0.3) is 39.3 Å². The third-order valence-corrected chi connectivity index (χ3v) is 7.35. The van der Waals surface area contributed by atoms with Crippen LogP contribution >= 0.6 is 0 Å². The van der Waals surface area contributed by atoms with Gasteiger partial charge < -0.3 is 9.31 Å². The number of hydrogen-bond acceptors (Lipinski definition) is 4. The summed E-state index contributed by atoms with van der Waals surface area (Å²) >= 11 is 0. The molecule has 178 valence electrons. The van der Waals surface area contributed by atoms with Gasteiger partial charge >= 0.3 is 7.12 Å². The lowest BCUT2D eigenvalue weighted by Crippen LogP contribution is -2.41. The second-order valence-electron chi connectivity index (χ2n) is 10.3. The molecule has 1 aliphatic rings. The quantitative estimate of drug-likeness (QED) is 0.299. The summed E-state index contributed by atoms with van der Waals surface area (Å²) in [7, 11) is -0.352. The number of aromatic nitrogens is 3. The van der Waals surface area contributed by atoms with Crippen molar-refractivity contribution in [1.82, 2.24) is 14.6 Å². The zero-order valence-electron chi connectivity index (χ0n) is 21.0. The van der Waals surface area contributed by atoms with Crippen LogP contribution in [0.3, 0.4) is 0 Å². The van der Waals surface area contributed by atoms with E-state index in [9.17, 15) is 0 Å². The van der Waals surface area contributed by atoms with E-state index in [1.165, 1.54) is 0 Å². The summed E-state index contributed by atoms with van der Waals surface area (Å²) in [5.74, 6) is 0.711. The molecular formula is C30H28BN3O2. The molecule has 1 aliphatic heterocycles. The lowest BCUT2D eigenvalue weighted by molar-refractivity contribution is 0.00578. The topological polar surface area (TPSA) is 48.7 Å². The van der Waals surface area contributed by atoms with Crippen molar-refractivity contribution in [1.29, 1.82) is 0 Å². The third-order valence-electron chi connectivity index (χ3n) is 7.35. The lowest BCUT2D eigenvalue weighted by Gasteiger charge is -2.32. The predicted molar refractivity (Wildman–Crippen MR) is 145 cm³/mol. The van der Waals surface area contributed by atoms with Crippen LogP contribution in [-0.2, 0) is 9.31 Å². The molecule has 5 aromatic rings. The van der Waals surface area contributed by atoms with Crippen molar-refractivity contribution in [2.24, 2.45) is 0 Å². The highest BCUT2D eigenvalue weighted by Gasteiger charge is 2.51. The van der Waals surface area contributed by atoms with Crippen molar-refractivity contribution in [3.05, 3.63) is 97.2 Å². The van der Waals surface area contributed by atoms with Gasteiger partial charge in [0, 0.05) is 17.3 Å². The molecule has 0 N–H and O–H groups in total. The van der Waals surface area contributed by atoms with Gasteiger partial charge in [-0.15, -0.1) is 5.10 Å². The molecule has 36 heavy (non-hydrogen) atoms. The van der Waals surface area contributed by atoms with Gasteiger partial charge in [0.05, 0.1) is 11.2 Å². The molecule has 0 saturated carbocycles. The molecule has 0 bridgehead atoms. The van der Waals surface area contributed by atoms with Crippen LogP contribution in [0.5, 0.6) is 0 Å². The Bertz CT molecular complexity index is 1510. The SMILES string of the molecule is CC1(C)OB(c2ccc(-c3ccc(-c4nc5ccc(-c6ccccc6)cn5n4)cc3)cc2)OC1(C)C. The average molecular weight is 473 g/mol. The van der Waals surface area contributed by atoms with E-state index in [-0.39, 0.29) is 18.3 Å². The smallest absolute Gasteiger partial charge is 0.399 e. The summed E-state index contributed by atoms with van der Waals surface area (Å²) in [6.45, 7) is 8.29. The Kier molecular flexibility index (Phi) is 5.32. The van der Waals surface area contributed by atoms with Crippen molar-refractivity contribution in [3.8, 4) is 33.6 Å². The van der Waals surface area contributed by atoms with E-state index < -0.39 is 0 Å². The van der Waals surface area contributed by atoms with Crippen LogP contribution < -0.4 is 5.46 Å². The molecule has 0 atom stereocenters. The van der Waals surface area contributed by atoms with Gasteiger partial charge in [0.1, 0.15) is 0 Å². The van der Waals surface area contributed by atoms with E-state index in [2.05, 4.69) is 94.4 Å². The van der Waals surface area contributed by atoms with Gasteiger partial charge in [0.25, 0.3) is 0 Å². The molecular weight excluding hydrogens is 445 g/mol. The summed E-state index contributed by atoms with van der Waals surface area (Å²) in [6.07, 6.45) is 2.02. The molecule has 1 fully saturated rings. The predicted octanol–water partition coefficient (Wildman–Crippen LogP) is 6.03. The Morgan fingerprint density at radius 3 is 1.78 bits per heavy atom. The number of pyridine rings is 1. The minimum absolute atomic E-state index is 0.346. The van der Waals surface area contributed by atoms with Crippen molar-refractivity contribution in [2.75, 3.05) is 0 Å².